The fourth-order valence-corrected chi connectivity index (χ4v) is 2.40. The zero-order valence-electron chi connectivity index (χ0n) is 13.3. The van der Waals surface area contributed by atoms with Crippen molar-refractivity contribution in [3.8, 4) is 17.3 Å². The Bertz CT molecular complexity index is 1070. The highest BCUT2D eigenvalue weighted by Crippen LogP contribution is 2.19. The fraction of sp³-hybridized carbons (Fsp3) is 0.176. The zero-order chi connectivity index (χ0) is 18.0. The van der Waals surface area contributed by atoms with E-state index in [1.54, 1.807) is 31.2 Å². The topological polar surface area (TPSA) is 93.8 Å². The van der Waals surface area contributed by atoms with Gasteiger partial charge in [0.05, 0.1) is 6.54 Å². The summed E-state index contributed by atoms with van der Waals surface area (Å²) in [5, 5.41) is 12.9. The van der Waals surface area contributed by atoms with Crippen LogP contribution in [0.25, 0.3) is 11.3 Å². The Hall–Kier alpha value is -3.47. The van der Waals surface area contributed by atoms with E-state index in [4.69, 9.17) is 9.78 Å². The molecular weight excluding hydrogens is 327 g/mol. The summed E-state index contributed by atoms with van der Waals surface area (Å²) in [7, 11) is 0. The molecule has 0 amide bonds. The molecule has 3 rings (SSSR count). The number of benzene rings is 1. The molecule has 0 saturated heterocycles. The first-order chi connectivity index (χ1) is 12.0. The van der Waals surface area contributed by atoms with E-state index < -0.39 is 11.2 Å². The summed E-state index contributed by atoms with van der Waals surface area (Å²) in [6.07, 6.45) is 1.24. The van der Waals surface area contributed by atoms with Crippen molar-refractivity contribution in [2.45, 2.75) is 20.0 Å². The van der Waals surface area contributed by atoms with Gasteiger partial charge in [0.15, 0.2) is 5.76 Å². The molecule has 25 heavy (non-hydrogen) atoms. The van der Waals surface area contributed by atoms with Crippen LogP contribution in [0.5, 0.6) is 0 Å². The molecule has 0 aliphatic carbocycles. The average molecular weight is 340 g/mol. The van der Waals surface area contributed by atoms with Crippen molar-refractivity contribution in [1.82, 2.24) is 14.3 Å². The number of aryl methyl sites for hydroxylation is 1. The molecule has 0 bridgehead atoms. The first-order valence-electron chi connectivity index (χ1n) is 7.49. The quantitative estimate of drug-likeness (QED) is 0.721. The van der Waals surface area contributed by atoms with Gasteiger partial charge in [-0.25, -0.2) is 9.18 Å². The van der Waals surface area contributed by atoms with Crippen LogP contribution in [0, 0.1) is 17.1 Å². The summed E-state index contributed by atoms with van der Waals surface area (Å²) in [5.41, 5.74) is -0.251. The second-order valence-electron chi connectivity index (χ2n) is 5.30. The molecule has 3 aromatic rings. The smallest absolute Gasteiger partial charge is 0.331 e. The van der Waals surface area contributed by atoms with Gasteiger partial charge in [0.2, 0.25) is 0 Å². The molecule has 0 unspecified atom stereocenters. The Labute approximate surface area is 141 Å². The van der Waals surface area contributed by atoms with E-state index in [0.29, 0.717) is 17.8 Å². The van der Waals surface area contributed by atoms with Crippen LogP contribution in [0.2, 0.25) is 0 Å². The minimum Gasteiger partial charge on any atom is -0.359 e. The van der Waals surface area contributed by atoms with Gasteiger partial charge in [0.25, 0.3) is 5.56 Å². The van der Waals surface area contributed by atoms with E-state index in [9.17, 15) is 14.0 Å². The molecule has 0 atom stereocenters. The number of hydrogen-bond acceptors (Lipinski definition) is 5. The van der Waals surface area contributed by atoms with Crippen LogP contribution in [0.15, 0.2) is 50.6 Å². The Balaban J connectivity index is 1.99. The van der Waals surface area contributed by atoms with Crippen molar-refractivity contribution in [3.05, 3.63) is 74.5 Å². The van der Waals surface area contributed by atoms with E-state index in [1.807, 2.05) is 0 Å². The molecule has 8 heteroatoms. The molecule has 2 heterocycles. The van der Waals surface area contributed by atoms with Gasteiger partial charge >= 0.3 is 5.69 Å². The first-order valence-corrected chi connectivity index (χ1v) is 7.49. The maximum absolute atomic E-state index is 13.0. The maximum Gasteiger partial charge on any atom is 0.331 e. The zero-order valence-corrected chi connectivity index (χ0v) is 13.3. The van der Waals surface area contributed by atoms with Crippen molar-refractivity contribution < 1.29 is 8.91 Å². The van der Waals surface area contributed by atoms with E-state index in [1.165, 1.54) is 22.9 Å². The van der Waals surface area contributed by atoms with Crippen molar-refractivity contribution >= 4 is 0 Å². The van der Waals surface area contributed by atoms with Crippen LogP contribution in [-0.2, 0) is 13.1 Å². The highest BCUT2D eigenvalue weighted by molar-refractivity contribution is 5.58. The van der Waals surface area contributed by atoms with Crippen LogP contribution in [0.1, 0.15) is 18.2 Å². The molecule has 1 aromatic carbocycles. The Morgan fingerprint density at radius 1 is 1.28 bits per heavy atom. The van der Waals surface area contributed by atoms with Gasteiger partial charge in [-0.05, 0) is 31.2 Å². The van der Waals surface area contributed by atoms with Crippen molar-refractivity contribution in [3.63, 3.8) is 0 Å². The van der Waals surface area contributed by atoms with Crippen LogP contribution < -0.4 is 11.2 Å². The van der Waals surface area contributed by atoms with Gasteiger partial charge in [-0.1, -0.05) is 5.16 Å². The molecule has 0 fully saturated rings. The number of nitrogens with zero attached hydrogens (tertiary/aromatic N) is 4. The van der Waals surface area contributed by atoms with Gasteiger partial charge < -0.3 is 4.52 Å². The van der Waals surface area contributed by atoms with Gasteiger partial charge in [-0.15, -0.1) is 0 Å². The molecule has 0 aliphatic rings. The Morgan fingerprint density at radius 3 is 2.64 bits per heavy atom. The van der Waals surface area contributed by atoms with Gasteiger partial charge in [0, 0.05) is 24.4 Å². The number of halogens is 1. The maximum atomic E-state index is 13.0. The summed E-state index contributed by atoms with van der Waals surface area (Å²) in [6, 6.07) is 9.03. The number of aromatic nitrogens is 3. The predicted molar refractivity (Wildman–Crippen MR) is 86.4 cm³/mol. The number of rotatable bonds is 4. The molecule has 0 saturated carbocycles. The average Bonchev–Trinajstić information content (AvgIpc) is 3.08. The molecule has 0 radical (unpaired) electrons. The lowest BCUT2D eigenvalue weighted by Crippen LogP contribution is -2.40. The van der Waals surface area contributed by atoms with E-state index in [-0.39, 0.29) is 23.7 Å². The molecule has 0 spiro atoms. The van der Waals surface area contributed by atoms with Gasteiger partial charge in [-0.2, -0.15) is 5.26 Å². The highest BCUT2D eigenvalue weighted by atomic mass is 19.1. The van der Waals surface area contributed by atoms with Crippen molar-refractivity contribution in [2.24, 2.45) is 0 Å². The Kier molecular flexibility index (Phi) is 4.31. The Morgan fingerprint density at radius 2 is 2.00 bits per heavy atom. The molecule has 0 N–H and O–H groups in total. The summed E-state index contributed by atoms with van der Waals surface area (Å²) < 4.78 is 20.4. The van der Waals surface area contributed by atoms with Crippen molar-refractivity contribution in [1.29, 1.82) is 5.26 Å². The van der Waals surface area contributed by atoms with E-state index in [0.717, 1.165) is 4.57 Å². The SMILES string of the molecule is CCn1cc(C#N)c(=O)n(Cc2cc(-c3ccc(F)cc3)no2)c1=O. The third-order valence-corrected chi connectivity index (χ3v) is 3.71. The van der Waals surface area contributed by atoms with Crippen LogP contribution >= 0.6 is 0 Å². The monoisotopic (exact) mass is 340 g/mol. The van der Waals surface area contributed by atoms with Crippen LogP contribution in [-0.4, -0.2) is 14.3 Å². The lowest BCUT2D eigenvalue weighted by molar-refractivity contribution is 0.372. The number of nitriles is 1. The van der Waals surface area contributed by atoms with E-state index in [2.05, 4.69) is 5.16 Å². The predicted octanol–water partition coefficient (Wildman–Crippen LogP) is 1.74. The summed E-state index contributed by atoms with van der Waals surface area (Å²) in [4.78, 5) is 24.6. The molecular formula is C17H13FN4O3. The lowest BCUT2D eigenvalue weighted by Gasteiger charge is -2.07. The first kappa shape index (κ1) is 16.4. The lowest BCUT2D eigenvalue weighted by atomic mass is 10.1. The molecule has 2 aromatic heterocycles. The largest absolute Gasteiger partial charge is 0.359 e. The van der Waals surface area contributed by atoms with Crippen LogP contribution in [0.4, 0.5) is 4.39 Å². The minimum atomic E-state index is -0.683. The summed E-state index contributed by atoms with van der Waals surface area (Å²) >= 11 is 0. The molecule has 7 nitrogen and oxygen atoms in total. The van der Waals surface area contributed by atoms with Crippen LogP contribution in [0.3, 0.4) is 0 Å². The second-order valence-corrected chi connectivity index (χ2v) is 5.30. The second kappa shape index (κ2) is 6.57. The highest BCUT2D eigenvalue weighted by Gasteiger charge is 2.14. The summed E-state index contributed by atoms with van der Waals surface area (Å²) in [5.74, 6) is -0.0938. The third-order valence-electron chi connectivity index (χ3n) is 3.71. The minimum absolute atomic E-state index is 0.125. The third kappa shape index (κ3) is 3.12. The van der Waals surface area contributed by atoms with E-state index >= 15 is 0 Å². The summed E-state index contributed by atoms with van der Waals surface area (Å²) in [6.45, 7) is 1.91. The van der Waals surface area contributed by atoms with Crippen molar-refractivity contribution in [2.75, 3.05) is 0 Å². The number of hydrogen-bond donors (Lipinski definition) is 0. The van der Waals surface area contributed by atoms with Gasteiger partial charge in [0.1, 0.15) is 23.1 Å². The fourth-order valence-electron chi connectivity index (χ4n) is 2.40. The normalized spacial score (nSPS) is 10.6. The van der Waals surface area contributed by atoms with Gasteiger partial charge in [-0.3, -0.25) is 13.9 Å². The molecule has 0 aliphatic heterocycles. The standard InChI is InChI=1S/C17H13FN4O3/c1-2-21-9-12(8-19)16(23)22(17(21)24)10-14-7-15(20-25-14)11-3-5-13(18)6-4-11/h3-7,9H,2,10H2,1H3. The molecule has 126 valence electrons.